The zero-order chi connectivity index (χ0) is 19.1. The molecule has 1 aromatic rings. The summed E-state index contributed by atoms with van der Waals surface area (Å²) in [6.07, 6.45) is -5.83. The van der Waals surface area contributed by atoms with E-state index < -0.39 is 41.7 Å². The quantitative estimate of drug-likeness (QED) is 0.742. The lowest BCUT2D eigenvalue weighted by atomic mass is 10.1. The number of amides is 1. The standard InChI is InChI=1S/C17H17F6NO2/c18-16(19,20)11-5-12(17(21,22)23)7-13(6-11)26-8-14(25)24-15(9-1-2-9)10-3-4-10/h5-7,9-10,15H,1-4,8H2,(H,24,25). The first-order valence-electron chi connectivity index (χ1n) is 8.25. The SMILES string of the molecule is O=C(COc1cc(C(F)(F)F)cc(C(F)(F)F)c1)NC(C1CC1)C1CC1. The fraction of sp³-hybridized carbons (Fsp3) is 0.588. The van der Waals surface area contributed by atoms with Gasteiger partial charge in [0.25, 0.3) is 5.91 Å². The van der Waals surface area contributed by atoms with Crippen molar-refractivity contribution in [2.24, 2.45) is 11.8 Å². The van der Waals surface area contributed by atoms with Crippen LogP contribution < -0.4 is 10.1 Å². The lowest BCUT2D eigenvalue weighted by molar-refractivity contribution is -0.143. The van der Waals surface area contributed by atoms with Gasteiger partial charge in [0.05, 0.1) is 11.1 Å². The molecule has 2 saturated carbocycles. The van der Waals surface area contributed by atoms with Crippen molar-refractivity contribution < 1.29 is 35.9 Å². The van der Waals surface area contributed by atoms with Crippen molar-refractivity contribution in [3.63, 3.8) is 0 Å². The average molecular weight is 381 g/mol. The Bertz CT molecular complexity index is 633. The summed E-state index contributed by atoms with van der Waals surface area (Å²) in [5.41, 5.74) is -2.95. The van der Waals surface area contributed by atoms with Crippen LogP contribution in [-0.4, -0.2) is 18.6 Å². The molecule has 0 bridgehead atoms. The number of carbonyl (C=O) groups is 1. The second-order valence-corrected chi connectivity index (χ2v) is 6.80. The topological polar surface area (TPSA) is 38.3 Å². The minimum absolute atomic E-state index is 0.0170. The molecule has 0 saturated heterocycles. The smallest absolute Gasteiger partial charge is 0.416 e. The highest BCUT2D eigenvalue weighted by Gasteiger charge is 2.42. The Balaban J connectivity index is 1.67. The summed E-state index contributed by atoms with van der Waals surface area (Å²) in [6.45, 7) is -0.630. The summed E-state index contributed by atoms with van der Waals surface area (Å²) >= 11 is 0. The molecule has 0 aliphatic heterocycles. The van der Waals surface area contributed by atoms with Gasteiger partial charge >= 0.3 is 12.4 Å². The van der Waals surface area contributed by atoms with E-state index in [9.17, 15) is 31.1 Å². The van der Waals surface area contributed by atoms with Crippen LogP contribution in [0.2, 0.25) is 0 Å². The third-order valence-corrected chi connectivity index (χ3v) is 4.52. The van der Waals surface area contributed by atoms with E-state index >= 15 is 0 Å². The molecule has 3 rings (SSSR count). The van der Waals surface area contributed by atoms with Crippen LogP contribution in [0.3, 0.4) is 0 Å². The molecule has 0 spiro atoms. The number of halogens is 6. The molecule has 1 amide bonds. The summed E-state index contributed by atoms with van der Waals surface area (Å²) in [6, 6.07) is 0.963. The van der Waals surface area contributed by atoms with Crippen molar-refractivity contribution in [1.82, 2.24) is 5.32 Å². The largest absolute Gasteiger partial charge is 0.484 e. The Morgan fingerprint density at radius 1 is 0.962 bits per heavy atom. The predicted molar refractivity (Wildman–Crippen MR) is 79.3 cm³/mol. The average Bonchev–Trinajstić information content (AvgIpc) is 3.42. The molecular formula is C17H17F6NO2. The number of benzene rings is 1. The van der Waals surface area contributed by atoms with Crippen LogP contribution in [0, 0.1) is 11.8 Å². The molecule has 0 heterocycles. The zero-order valence-electron chi connectivity index (χ0n) is 13.6. The van der Waals surface area contributed by atoms with Crippen LogP contribution in [0.1, 0.15) is 36.8 Å². The Labute approximate surface area is 145 Å². The van der Waals surface area contributed by atoms with Crippen molar-refractivity contribution in [1.29, 1.82) is 0 Å². The predicted octanol–water partition coefficient (Wildman–Crippen LogP) is 4.41. The molecule has 144 valence electrons. The molecule has 2 fully saturated rings. The van der Waals surface area contributed by atoms with Crippen LogP contribution in [-0.2, 0) is 17.1 Å². The number of ether oxygens (including phenoxy) is 1. The highest BCUT2D eigenvalue weighted by molar-refractivity contribution is 5.78. The van der Waals surface area contributed by atoms with Crippen molar-refractivity contribution in [3.8, 4) is 5.75 Å². The molecule has 3 nitrogen and oxygen atoms in total. The van der Waals surface area contributed by atoms with Crippen LogP contribution >= 0.6 is 0 Å². The monoisotopic (exact) mass is 381 g/mol. The van der Waals surface area contributed by atoms with Gasteiger partial charge in [-0.05, 0) is 55.7 Å². The van der Waals surface area contributed by atoms with Crippen LogP contribution in [0.5, 0.6) is 5.75 Å². The highest BCUT2D eigenvalue weighted by atomic mass is 19.4. The Morgan fingerprint density at radius 2 is 1.42 bits per heavy atom. The van der Waals surface area contributed by atoms with Crippen LogP contribution in [0.25, 0.3) is 0 Å². The molecule has 2 aliphatic rings. The van der Waals surface area contributed by atoms with Gasteiger partial charge in [0.15, 0.2) is 6.61 Å². The summed E-state index contributed by atoms with van der Waals surface area (Å²) in [7, 11) is 0. The van der Waals surface area contributed by atoms with Gasteiger partial charge < -0.3 is 10.1 Å². The first-order valence-corrected chi connectivity index (χ1v) is 8.25. The van der Waals surface area contributed by atoms with Gasteiger partial charge in [-0.3, -0.25) is 4.79 Å². The third-order valence-electron chi connectivity index (χ3n) is 4.52. The summed E-state index contributed by atoms with van der Waals surface area (Å²) in [5, 5.41) is 2.79. The lowest BCUT2D eigenvalue weighted by Gasteiger charge is -2.18. The Morgan fingerprint density at radius 3 is 1.81 bits per heavy atom. The molecule has 26 heavy (non-hydrogen) atoms. The minimum atomic E-state index is -4.95. The summed E-state index contributed by atoms with van der Waals surface area (Å²) in [5.74, 6) is -0.356. The first kappa shape index (κ1) is 18.8. The molecule has 1 aromatic carbocycles. The molecule has 1 N–H and O–H groups in total. The Kier molecular flexibility index (Phi) is 4.83. The van der Waals surface area contributed by atoms with E-state index in [1.54, 1.807) is 0 Å². The van der Waals surface area contributed by atoms with E-state index in [1.807, 2.05) is 0 Å². The molecular weight excluding hydrogens is 364 g/mol. The Hall–Kier alpha value is -1.93. The molecule has 0 unspecified atom stereocenters. The van der Waals surface area contributed by atoms with E-state index in [-0.39, 0.29) is 12.1 Å². The summed E-state index contributed by atoms with van der Waals surface area (Å²) in [4.78, 5) is 12.0. The van der Waals surface area contributed by atoms with Gasteiger partial charge in [-0.1, -0.05) is 0 Å². The van der Waals surface area contributed by atoms with E-state index in [4.69, 9.17) is 4.74 Å². The van der Waals surface area contributed by atoms with Gasteiger partial charge in [-0.25, -0.2) is 0 Å². The van der Waals surface area contributed by atoms with Gasteiger partial charge in [0.1, 0.15) is 5.75 Å². The van der Waals surface area contributed by atoms with Gasteiger partial charge in [-0.15, -0.1) is 0 Å². The van der Waals surface area contributed by atoms with Gasteiger partial charge in [0.2, 0.25) is 0 Å². The second-order valence-electron chi connectivity index (χ2n) is 6.80. The third kappa shape index (κ3) is 4.82. The normalized spacial score (nSPS) is 18.1. The second kappa shape index (κ2) is 6.66. The summed E-state index contributed by atoms with van der Waals surface area (Å²) < 4.78 is 81.7. The number of rotatable bonds is 6. The fourth-order valence-corrected chi connectivity index (χ4v) is 2.92. The van der Waals surface area contributed by atoms with Crippen molar-refractivity contribution in [3.05, 3.63) is 29.3 Å². The van der Waals surface area contributed by atoms with Gasteiger partial charge in [-0.2, -0.15) is 26.3 Å². The first-order chi connectivity index (χ1) is 12.0. The maximum absolute atomic E-state index is 12.8. The molecule has 0 aromatic heterocycles. The number of alkyl halides is 6. The van der Waals surface area contributed by atoms with Crippen LogP contribution in [0.15, 0.2) is 18.2 Å². The van der Waals surface area contributed by atoms with Gasteiger partial charge in [0, 0.05) is 6.04 Å². The van der Waals surface area contributed by atoms with E-state index in [2.05, 4.69) is 5.32 Å². The number of hydrogen-bond acceptors (Lipinski definition) is 2. The maximum Gasteiger partial charge on any atom is 0.416 e. The number of nitrogens with one attached hydrogen (secondary N) is 1. The van der Waals surface area contributed by atoms with E-state index in [0.29, 0.717) is 24.0 Å². The molecule has 0 radical (unpaired) electrons. The molecule has 2 aliphatic carbocycles. The number of hydrogen-bond donors (Lipinski definition) is 1. The van der Waals surface area contributed by atoms with Crippen LogP contribution in [0.4, 0.5) is 26.3 Å². The molecule has 9 heteroatoms. The van der Waals surface area contributed by atoms with E-state index in [0.717, 1.165) is 25.7 Å². The van der Waals surface area contributed by atoms with Crippen molar-refractivity contribution >= 4 is 5.91 Å². The van der Waals surface area contributed by atoms with E-state index in [1.165, 1.54) is 0 Å². The zero-order valence-corrected chi connectivity index (χ0v) is 13.6. The highest BCUT2D eigenvalue weighted by Crippen LogP contribution is 2.44. The fourth-order valence-electron chi connectivity index (χ4n) is 2.92. The van der Waals surface area contributed by atoms with Crippen molar-refractivity contribution in [2.75, 3.05) is 6.61 Å². The number of carbonyl (C=O) groups excluding carboxylic acids is 1. The lowest BCUT2D eigenvalue weighted by Crippen LogP contribution is -2.40. The maximum atomic E-state index is 12.8. The van der Waals surface area contributed by atoms with Crippen molar-refractivity contribution in [2.45, 2.75) is 44.1 Å². The minimum Gasteiger partial charge on any atom is -0.484 e. The molecule has 0 atom stereocenters.